The molecule has 1 aliphatic rings. The standard InChI is InChI=1S/C28H38N4O/c1-31(16-8-19-32-17-6-3-7-18-32)20-15-26(29)25-21-28(22-11-13-23(33-2)14-12-22)30-27-10-5-4-9-24(25)27/h4-5,9-14,21,26H,3,6-8,15-20,29H2,1-2H3. The molecular weight excluding hydrogens is 408 g/mol. The third-order valence-corrected chi connectivity index (χ3v) is 6.82. The van der Waals surface area contributed by atoms with E-state index in [9.17, 15) is 0 Å². The van der Waals surface area contributed by atoms with Gasteiger partial charge in [0.25, 0.3) is 0 Å². The van der Waals surface area contributed by atoms with E-state index in [2.05, 4.69) is 53.2 Å². The highest BCUT2D eigenvalue weighted by molar-refractivity contribution is 5.85. The Morgan fingerprint density at radius 2 is 1.79 bits per heavy atom. The lowest BCUT2D eigenvalue weighted by Gasteiger charge is -2.27. The van der Waals surface area contributed by atoms with Gasteiger partial charge in [0.2, 0.25) is 0 Å². The molecule has 0 spiro atoms. The predicted octanol–water partition coefficient (Wildman–Crippen LogP) is 5.11. The summed E-state index contributed by atoms with van der Waals surface area (Å²) in [4.78, 5) is 9.96. The fraction of sp³-hybridized carbons (Fsp3) is 0.464. The minimum Gasteiger partial charge on any atom is -0.497 e. The van der Waals surface area contributed by atoms with Crippen molar-refractivity contribution < 1.29 is 4.74 Å². The summed E-state index contributed by atoms with van der Waals surface area (Å²) < 4.78 is 5.31. The zero-order valence-electron chi connectivity index (χ0n) is 20.2. The lowest BCUT2D eigenvalue weighted by Crippen LogP contribution is -2.33. The van der Waals surface area contributed by atoms with Gasteiger partial charge in [-0.05, 0) is 107 Å². The van der Waals surface area contributed by atoms with Crippen LogP contribution in [0.4, 0.5) is 0 Å². The van der Waals surface area contributed by atoms with Crippen LogP contribution < -0.4 is 10.5 Å². The molecule has 0 bridgehead atoms. The molecule has 0 amide bonds. The fourth-order valence-electron chi connectivity index (χ4n) is 4.79. The largest absolute Gasteiger partial charge is 0.497 e. The molecule has 0 saturated carbocycles. The molecule has 1 fully saturated rings. The second-order valence-corrected chi connectivity index (χ2v) is 9.30. The summed E-state index contributed by atoms with van der Waals surface area (Å²) in [6.45, 7) is 5.89. The van der Waals surface area contributed by atoms with E-state index in [0.717, 1.165) is 47.4 Å². The summed E-state index contributed by atoms with van der Waals surface area (Å²) in [6.07, 6.45) is 6.28. The summed E-state index contributed by atoms with van der Waals surface area (Å²) in [6, 6.07) is 18.5. The number of nitrogens with zero attached hydrogens (tertiary/aromatic N) is 3. The molecule has 1 aliphatic heterocycles. The molecule has 2 N–H and O–H groups in total. The highest BCUT2D eigenvalue weighted by Crippen LogP contribution is 2.30. The molecule has 2 aromatic carbocycles. The van der Waals surface area contributed by atoms with Crippen LogP contribution in [0.1, 0.15) is 43.7 Å². The molecular formula is C28H38N4O. The third-order valence-electron chi connectivity index (χ3n) is 6.82. The smallest absolute Gasteiger partial charge is 0.118 e. The number of rotatable bonds is 10. The highest BCUT2D eigenvalue weighted by Gasteiger charge is 2.15. The third kappa shape index (κ3) is 6.32. The maximum absolute atomic E-state index is 6.76. The lowest BCUT2D eigenvalue weighted by atomic mass is 9.97. The first-order valence-electron chi connectivity index (χ1n) is 12.3. The molecule has 0 aliphatic carbocycles. The van der Waals surface area contributed by atoms with Gasteiger partial charge in [-0.2, -0.15) is 0 Å². The molecule has 5 heteroatoms. The van der Waals surface area contributed by atoms with Crippen molar-refractivity contribution in [1.82, 2.24) is 14.8 Å². The van der Waals surface area contributed by atoms with Crippen LogP contribution in [0.15, 0.2) is 54.6 Å². The average molecular weight is 447 g/mol. The molecule has 1 unspecified atom stereocenters. The zero-order valence-corrected chi connectivity index (χ0v) is 20.2. The van der Waals surface area contributed by atoms with E-state index in [0.29, 0.717) is 0 Å². The molecule has 176 valence electrons. The Labute approximate surface area is 198 Å². The van der Waals surface area contributed by atoms with Gasteiger partial charge in [0, 0.05) is 17.0 Å². The highest BCUT2D eigenvalue weighted by atomic mass is 16.5. The van der Waals surface area contributed by atoms with Crippen LogP contribution in [0.5, 0.6) is 5.75 Å². The zero-order chi connectivity index (χ0) is 23.0. The maximum atomic E-state index is 6.76. The van der Waals surface area contributed by atoms with E-state index < -0.39 is 0 Å². The van der Waals surface area contributed by atoms with Crippen molar-refractivity contribution in [2.75, 3.05) is 46.9 Å². The van der Waals surface area contributed by atoms with Crippen molar-refractivity contribution in [3.05, 3.63) is 60.2 Å². The Hall–Kier alpha value is -2.47. The van der Waals surface area contributed by atoms with Gasteiger partial charge < -0.3 is 20.3 Å². The summed E-state index contributed by atoms with van der Waals surface area (Å²) in [5.41, 5.74) is 11.0. The SMILES string of the molecule is COc1ccc(-c2cc(C(N)CCN(C)CCCN3CCCCC3)c3ccccc3n2)cc1. The van der Waals surface area contributed by atoms with Crippen molar-refractivity contribution in [1.29, 1.82) is 0 Å². The van der Waals surface area contributed by atoms with Crippen LogP contribution in [-0.2, 0) is 0 Å². The van der Waals surface area contributed by atoms with Crippen LogP contribution in [0.2, 0.25) is 0 Å². The Morgan fingerprint density at radius 1 is 1.03 bits per heavy atom. The number of aromatic nitrogens is 1. The van der Waals surface area contributed by atoms with Crippen LogP contribution in [0.3, 0.4) is 0 Å². The molecule has 4 rings (SSSR count). The number of fused-ring (bicyclic) bond motifs is 1. The van der Waals surface area contributed by atoms with Gasteiger partial charge in [-0.1, -0.05) is 24.6 Å². The summed E-state index contributed by atoms with van der Waals surface area (Å²) in [7, 11) is 3.90. The van der Waals surface area contributed by atoms with Gasteiger partial charge in [-0.3, -0.25) is 0 Å². The van der Waals surface area contributed by atoms with E-state index in [-0.39, 0.29) is 6.04 Å². The molecule has 5 nitrogen and oxygen atoms in total. The maximum Gasteiger partial charge on any atom is 0.118 e. The van der Waals surface area contributed by atoms with Gasteiger partial charge >= 0.3 is 0 Å². The van der Waals surface area contributed by atoms with Crippen LogP contribution >= 0.6 is 0 Å². The number of ether oxygens (including phenoxy) is 1. The van der Waals surface area contributed by atoms with Crippen LogP contribution in [-0.4, -0.2) is 61.7 Å². The Kier molecular flexibility index (Phi) is 8.32. The summed E-state index contributed by atoms with van der Waals surface area (Å²) >= 11 is 0. The van der Waals surface area contributed by atoms with E-state index in [4.69, 9.17) is 15.5 Å². The summed E-state index contributed by atoms with van der Waals surface area (Å²) in [5.74, 6) is 0.847. The van der Waals surface area contributed by atoms with Gasteiger partial charge in [0.15, 0.2) is 0 Å². The number of para-hydroxylation sites is 1. The number of pyridine rings is 1. The number of hydrogen-bond donors (Lipinski definition) is 1. The molecule has 2 heterocycles. The van der Waals surface area contributed by atoms with Crippen molar-refractivity contribution >= 4 is 10.9 Å². The van der Waals surface area contributed by atoms with Crippen molar-refractivity contribution in [3.63, 3.8) is 0 Å². The molecule has 33 heavy (non-hydrogen) atoms. The topological polar surface area (TPSA) is 54.6 Å². The van der Waals surface area contributed by atoms with Gasteiger partial charge in [0.1, 0.15) is 5.75 Å². The van der Waals surface area contributed by atoms with E-state index in [1.54, 1.807) is 7.11 Å². The Morgan fingerprint density at radius 3 is 2.55 bits per heavy atom. The van der Waals surface area contributed by atoms with E-state index >= 15 is 0 Å². The number of nitrogens with two attached hydrogens (primary N) is 1. The first-order valence-corrected chi connectivity index (χ1v) is 12.3. The van der Waals surface area contributed by atoms with Crippen molar-refractivity contribution in [3.8, 4) is 17.0 Å². The number of benzene rings is 2. The molecule has 1 atom stereocenters. The normalized spacial score (nSPS) is 15.8. The Bertz CT molecular complexity index is 1010. The fourth-order valence-corrected chi connectivity index (χ4v) is 4.79. The number of methoxy groups -OCH3 is 1. The molecule has 1 aromatic heterocycles. The van der Waals surface area contributed by atoms with Gasteiger partial charge in [-0.25, -0.2) is 4.98 Å². The number of piperidine rings is 1. The molecule has 3 aromatic rings. The van der Waals surface area contributed by atoms with Crippen LogP contribution in [0, 0.1) is 0 Å². The quantitative estimate of drug-likeness (QED) is 0.469. The Balaban J connectivity index is 1.41. The average Bonchev–Trinajstić information content (AvgIpc) is 2.87. The first kappa shape index (κ1) is 23.7. The number of likely N-dealkylation sites (tertiary alicyclic amines) is 1. The minimum atomic E-state index is -0.0283. The van der Waals surface area contributed by atoms with E-state index in [1.807, 2.05) is 18.2 Å². The van der Waals surface area contributed by atoms with E-state index in [1.165, 1.54) is 50.9 Å². The van der Waals surface area contributed by atoms with Gasteiger partial charge in [-0.15, -0.1) is 0 Å². The lowest BCUT2D eigenvalue weighted by molar-refractivity contribution is 0.211. The van der Waals surface area contributed by atoms with Crippen LogP contribution in [0.25, 0.3) is 22.2 Å². The van der Waals surface area contributed by atoms with Crippen molar-refractivity contribution in [2.45, 2.75) is 38.1 Å². The molecule has 1 saturated heterocycles. The summed E-state index contributed by atoms with van der Waals surface area (Å²) in [5, 5.41) is 1.15. The van der Waals surface area contributed by atoms with Gasteiger partial charge in [0.05, 0.1) is 18.3 Å². The molecule has 0 radical (unpaired) electrons. The number of hydrogen-bond acceptors (Lipinski definition) is 5. The predicted molar refractivity (Wildman–Crippen MR) is 138 cm³/mol. The monoisotopic (exact) mass is 446 g/mol. The first-order chi connectivity index (χ1) is 16.1. The second kappa shape index (κ2) is 11.6. The van der Waals surface area contributed by atoms with Crippen molar-refractivity contribution in [2.24, 2.45) is 5.73 Å². The second-order valence-electron chi connectivity index (χ2n) is 9.30. The minimum absolute atomic E-state index is 0.0283.